The van der Waals surface area contributed by atoms with E-state index in [0.29, 0.717) is 0 Å². The van der Waals surface area contributed by atoms with E-state index >= 15 is 0 Å². The number of benzene rings is 6. The fourth-order valence-electron chi connectivity index (χ4n) is 6.21. The second-order valence-electron chi connectivity index (χ2n) is 10.7. The summed E-state index contributed by atoms with van der Waals surface area (Å²) in [6.07, 6.45) is 8.99. The van der Waals surface area contributed by atoms with Crippen molar-refractivity contribution in [3.8, 4) is 11.1 Å². The second kappa shape index (κ2) is 10.1. The highest BCUT2D eigenvalue weighted by atomic mass is 14.7. The normalized spacial score (nSPS) is 12.1. The zero-order valence-corrected chi connectivity index (χ0v) is 23.0. The van der Waals surface area contributed by atoms with Gasteiger partial charge in [0.2, 0.25) is 0 Å². The van der Waals surface area contributed by atoms with Crippen LogP contribution in [0.5, 0.6) is 0 Å². The van der Waals surface area contributed by atoms with Gasteiger partial charge in [0, 0.05) is 32.6 Å². The summed E-state index contributed by atoms with van der Waals surface area (Å²) < 4.78 is 0. The van der Waals surface area contributed by atoms with Gasteiger partial charge in [0.05, 0.1) is 11.0 Å². The molecule has 0 saturated heterocycles. The van der Waals surface area contributed by atoms with Gasteiger partial charge in [0.1, 0.15) is 0 Å². The van der Waals surface area contributed by atoms with Gasteiger partial charge in [-0.3, -0.25) is 0 Å². The fourth-order valence-corrected chi connectivity index (χ4v) is 6.21. The van der Waals surface area contributed by atoms with Crippen LogP contribution < -0.4 is 0 Å². The third-order valence-electron chi connectivity index (χ3n) is 8.24. The molecule has 0 aliphatic carbocycles. The Kier molecular flexibility index (Phi) is 5.82. The average Bonchev–Trinajstić information content (AvgIpc) is 3.63. The van der Waals surface area contributed by atoms with Crippen molar-refractivity contribution in [2.75, 3.05) is 0 Å². The van der Waals surface area contributed by atoms with E-state index in [1.165, 1.54) is 54.9 Å². The minimum absolute atomic E-state index is 1.16. The van der Waals surface area contributed by atoms with Crippen molar-refractivity contribution in [1.29, 1.82) is 0 Å². The molecule has 0 amide bonds. The maximum absolute atomic E-state index is 3.65. The van der Waals surface area contributed by atoms with Gasteiger partial charge in [-0.25, -0.2) is 0 Å². The Hall–Kier alpha value is -5.60. The Bertz CT molecular complexity index is 2290. The molecule has 2 aromatic heterocycles. The first-order valence-electron chi connectivity index (χ1n) is 14.4. The fraction of sp³-hybridized carbons (Fsp3) is 0. The van der Waals surface area contributed by atoms with E-state index in [4.69, 9.17) is 0 Å². The van der Waals surface area contributed by atoms with E-state index in [-0.39, 0.29) is 0 Å². The van der Waals surface area contributed by atoms with Crippen molar-refractivity contribution in [3.63, 3.8) is 0 Å². The average molecular weight is 537 g/mol. The van der Waals surface area contributed by atoms with Crippen LogP contribution in [0.4, 0.5) is 0 Å². The summed E-state index contributed by atoms with van der Waals surface area (Å²) in [5, 5.41) is 5.00. The molecule has 0 aliphatic heterocycles. The molecule has 0 spiro atoms. The van der Waals surface area contributed by atoms with Crippen molar-refractivity contribution in [3.05, 3.63) is 156 Å². The molecule has 0 saturated carbocycles. The van der Waals surface area contributed by atoms with Crippen molar-refractivity contribution < 1.29 is 0 Å². The number of nitrogens with one attached hydrogen (secondary N) is 2. The lowest BCUT2D eigenvalue weighted by Gasteiger charge is -2.11. The monoisotopic (exact) mass is 536 g/mol. The van der Waals surface area contributed by atoms with Crippen LogP contribution in [0.15, 0.2) is 133 Å². The van der Waals surface area contributed by atoms with Crippen LogP contribution in [0.1, 0.15) is 22.3 Å². The lowest BCUT2D eigenvalue weighted by molar-refractivity contribution is 1.53. The first-order valence-corrected chi connectivity index (χ1v) is 14.4. The molecular weight excluding hydrogens is 508 g/mol. The molecule has 0 radical (unpaired) electrons. The van der Waals surface area contributed by atoms with Gasteiger partial charge in [-0.1, -0.05) is 146 Å². The van der Waals surface area contributed by atoms with Gasteiger partial charge in [-0.2, -0.15) is 0 Å². The minimum Gasteiger partial charge on any atom is -0.354 e. The van der Waals surface area contributed by atoms with Gasteiger partial charge in [0.25, 0.3) is 0 Å². The molecule has 0 fully saturated rings. The Balaban J connectivity index is 1.27. The molecule has 2 nitrogen and oxygen atoms in total. The molecule has 2 heterocycles. The third-order valence-corrected chi connectivity index (χ3v) is 8.24. The van der Waals surface area contributed by atoms with E-state index in [9.17, 15) is 0 Å². The zero-order valence-electron chi connectivity index (χ0n) is 23.0. The summed E-state index contributed by atoms with van der Waals surface area (Å²) >= 11 is 0. The van der Waals surface area contributed by atoms with E-state index in [0.717, 1.165) is 22.1 Å². The lowest BCUT2D eigenvalue weighted by Crippen LogP contribution is -1.88. The van der Waals surface area contributed by atoms with E-state index in [2.05, 4.69) is 168 Å². The smallest absolute Gasteiger partial charge is 0.0538 e. The maximum atomic E-state index is 3.65. The molecule has 8 aromatic rings. The van der Waals surface area contributed by atoms with Crippen LogP contribution >= 0.6 is 0 Å². The summed E-state index contributed by atoms with van der Waals surface area (Å²) in [7, 11) is 0. The number of hydrogen-bond donors (Lipinski definition) is 2. The van der Waals surface area contributed by atoms with Crippen molar-refractivity contribution in [1.82, 2.24) is 9.97 Å². The Morgan fingerprint density at radius 2 is 0.833 bits per heavy atom. The molecule has 2 N–H and O–H groups in total. The first kappa shape index (κ1) is 24.2. The molecule has 0 bridgehead atoms. The predicted molar refractivity (Wildman–Crippen MR) is 181 cm³/mol. The van der Waals surface area contributed by atoms with Gasteiger partial charge in [0.15, 0.2) is 0 Å². The van der Waals surface area contributed by atoms with Crippen LogP contribution in [0.2, 0.25) is 0 Å². The SMILES string of the molecule is C(=Cc1cccc2c1[nH]c1ccccc12)c1cccc(-c2ccccc2)c1C=Cc1cccc2c1[nH]c1ccccc12. The molecule has 0 unspecified atom stereocenters. The van der Waals surface area contributed by atoms with Crippen molar-refractivity contribution in [2.24, 2.45) is 0 Å². The highest BCUT2D eigenvalue weighted by Crippen LogP contribution is 2.33. The molecule has 8 rings (SSSR count). The quantitative estimate of drug-likeness (QED) is 0.205. The van der Waals surface area contributed by atoms with Crippen LogP contribution in [-0.2, 0) is 0 Å². The Morgan fingerprint density at radius 3 is 1.48 bits per heavy atom. The molecule has 6 aromatic carbocycles. The van der Waals surface area contributed by atoms with Gasteiger partial charge < -0.3 is 9.97 Å². The number of fused-ring (bicyclic) bond motifs is 6. The van der Waals surface area contributed by atoms with E-state index in [1.54, 1.807) is 0 Å². The Labute approximate surface area is 244 Å². The number of rotatable bonds is 5. The number of aromatic nitrogens is 2. The molecule has 0 atom stereocenters. The van der Waals surface area contributed by atoms with Crippen LogP contribution in [-0.4, -0.2) is 9.97 Å². The first-order chi connectivity index (χ1) is 20.8. The van der Waals surface area contributed by atoms with Crippen molar-refractivity contribution >= 4 is 67.9 Å². The third kappa shape index (κ3) is 4.13. The van der Waals surface area contributed by atoms with E-state index < -0.39 is 0 Å². The van der Waals surface area contributed by atoms with Gasteiger partial charge in [-0.15, -0.1) is 0 Å². The van der Waals surface area contributed by atoms with Gasteiger partial charge in [-0.05, 0) is 45.5 Å². The van der Waals surface area contributed by atoms with Crippen LogP contribution in [0, 0.1) is 0 Å². The topological polar surface area (TPSA) is 31.6 Å². The Morgan fingerprint density at radius 1 is 0.357 bits per heavy atom. The summed E-state index contributed by atoms with van der Waals surface area (Å²) in [4.78, 5) is 7.29. The minimum atomic E-state index is 1.16. The molecule has 198 valence electrons. The number of H-pyrrole nitrogens is 2. The summed E-state index contributed by atoms with van der Waals surface area (Å²) in [5.74, 6) is 0. The highest BCUT2D eigenvalue weighted by Gasteiger charge is 2.10. The largest absolute Gasteiger partial charge is 0.354 e. The second-order valence-corrected chi connectivity index (χ2v) is 10.7. The van der Waals surface area contributed by atoms with E-state index in [1.807, 2.05) is 0 Å². The lowest BCUT2D eigenvalue weighted by atomic mass is 9.93. The molecular formula is C40H28N2. The summed E-state index contributed by atoms with van der Waals surface area (Å²) in [6.45, 7) is 0. The van der Waals surface area contributed by atoms with Gasteiger partial charge >= 0.3 is 0 Å². The predicted octanol–water partition coefficient (Wildman–Crippen LogP) is 11.0. The number of aromatic amines is 2. The summed E-state index contributed by atoms with van der Waals surface area (Å²) in [5.41, 5.74) is 11.8. The highest BCUT2D eigenvalue weighted by molar-refractivity contribution is 6.11. The maximum Gasteiger partial charge on any atom is 0.0538 e. The number of hydrogen-bond acceptors (Lipinski definition) is 0. The van der Waals surface area contributed by atoms with Crippen LogP contribution in [0.3, 0.4) is 0 Å². The van der Waals surface area contributed by atoms with Crippen LogP contribution in [0.25, 0.3) is 79.0 Å². The molecule has 42 heavy (non-hydrogen) atoms. The number of para-hydroxylation sites is 4. The zero-order chi connectivity index (χ0) is 27.9. The summed E-state index contributed by atoms with van der Waals surface area (Å²) in [6, 6.07) is 47.3. The standard InChI is InChI=1S/C40H28N2/c1-2-11-27(12-3-1)31-18-8-13-28(23-24-29-14-9-19-35-33-16-4-6-21-37(33)41-39(29)35)32(31)26-25-30-15-10-20-36-34-17-5-7-22-38(34)42-40(30)36/h1-26,41-42H. The molecule has 0 aliphatic rings. The molecule has 2 heteroatoms. The van der Waals surface area contributed by atoms with Crippen molar-refractivity contribution in [2.45, 2.75) is 0 Å².